The summed E-state index contributed by atoms with van der Waals surface area (Å²) in [4.78, 5) is 11.7. The summed E-state index contributed by atoms with van der Waals surface area (Å²) < 4.78 is 34.5. The van der Waals surface area contributed by atoms with Crippen LogP contribution in [0.25, 0.3) is 0 Å². The van der Waals surface area contributed by atoms with Gasteiger partial charge in [0.15, 0.2) is 6.29 Å². The summed E-state index contributed by atoms with van der Waals surface area (Å²) in [6.45, 7) is 7.80. The lowest BCUT2D eigenvalue weighted by Gasteiger charge is -2.37. The normalized spacial score (nSPS) is 20.9. The summed E-state index contributed by atoms with van der Waals surface area (Å²) in [6, 6.07) is 3.68. The van der Waals surface area contributed by atoms with Crippen molar-refractivity contribution in [3.8, 4) is 17.2 Å². The molecule has 0 amide bonds. The molecule has 1 aliphatic rings. The summed E-state index contributed by atoms with van der Waals surface area (Å²) in [7, 11) is 3.20. The second-order valence-corrected chi connectivity index (χ2v) is 8.33. The minimum absolute atomic E-state index is 0.195. The van der Waals surface area contributed by atoms with Crippen molar-refractivity contribution >= 4 is 5.97 Å². The van der Waals surface area contributed by atoms with Crippen molar-refractivity contribution in [2.45, 2.75) is 65.6 Å². The molecule has 2 rings (SSSR count). The monoisotopic (exact) mass is 438 g/mol. The molecule has 176 valence electrons. The van der Waals surface area contributed by atoms with Gasteiger partial charge in [0.1, 0.15) is 23.9 Å². The van der Waals surface area contributed by atoms with Gasteiger partial charge < -0.3 is 28.4 Å². The predicted octanol–water partition coefficient (Wildman–Crippen LogP) is 5.06. The molecule has 0 atom stereocenters. The van der Waals surface area contributed by atoms with Crippen LogP contribution in [-0.4, -0.2) is 46.6 Å². The number of ether oxygens (including phenoxy) is 6. The van der Waals surface area contributed by atoms with E-state index in [1.807, 2.05) is 26.0 Å². The fraction of sp³-hybridized carbons (Fsp3) is 0.708. The van der Waals surface area contributed by atoms with E-state index >= 15 is 0 Å². The molecule has 0 spiro atoms. The highest BCUT2D eigenvalue weighted by atomic mass is 16.7. The summed E-state index contributed by atoms with van der Waals surface area (Å²) >= 11 is 0. The molecule has 0 aliphatic carbocycles. The lowest BCUT2D eigenvalue weighted by atomic mass is 9.93. The molecule has 0 unspecified atom stereocenters. The van der Waals surface area contributed by atoms with Crippen molar-refractivity contribution in [1.29, 1.82) is 0 Å². The first-order chi connectivity index (χ1) is 15.0. The quantitative estimate of drug-likeness (QED) is 0.315. The van der Waals surface area contributed by atoms with Gasteiger partial charge in [0.05, 0.1) is 39.6 Å². The van der Waals surface area contributed by atoms with E-state index in [1.165, 1.54) is 12.8 Å². The number of rotatable bonds is 13. The molecule has 0 saturated carbocycles. The maximum atomic E-state index is 11.7. The number of unbranched alkanes of at least 4 members (excludes halogenated alkanes) is 3. The van der Waals surface area contributed by atoms with E-state index in [0.717, 1.165) is 19.3 Å². The van der Waals surface area contributed by atoms with Gasteiger partial charge in [-0.3, -0.25) is 4.79 Å². The average Bonchev–Trinajstić information content (AvgIpc) is 2.78. The molecular formula is C24H38O7. The van der Waals surface area contributed by atoms with E-state index in [4.69, 9.17) is 28.4 Å². The van der Waals surface area contributed by atoms with Crippen LogP contribution in [0, 0.1) is 5.41 Å². The third-order valence-corrected chi connectivity index (χ3v) is 5.22. The van der Waals surface area contributed by atoms with Gasteiger partial charge in [0.25, 0.3) is 0 Å². The summed E-state index contributed by atoms with van der Waals surface area (Å²) in [5.74, 6) is 1.67. The fourth-order valence-corrected chi connectivity index (χ4v) is 3.37. The van der Waals surface area contributed by atoms with Crippen molar-refractivity contribution in [2.24, 2.45) is 5.41 Å². The SMILES string of the molecule is CCCCCCOc1cc(OC)c(C2OCC(C)(COC(=O)CCC)CO2)c(OC)c1. The van der Waals surface area contributed by atoms with Crippen LogP contribution in [0.1, 0.15) is 71.1 Å². The number of benzene rings is 1. The Labute approximate surface area is 186 Å². The lowest BCUT2D eigenvalue weighted by Crippen LogP contribution is -2.40. The third-order valence-electron chi connectivity index (χ3n) is 5.22. The number of carbonyl (C=O) groups excluding carboxylic acids is 1. The Bertz CT molecular complexity index is 656. The summed E-state index contributed by atoms with van der Waals surface area (Å²) in [6.07, 6.45) is 5.11. The van der Waals surface area contributed by atoms with Gasteiger partial charge in [-0.05, 0) is 12.8 Å². The highest BCUT2D eigenvalue weighted by Gasteiger charge is 2.37. The van der Waals surface area contributed by atoms with Gasteiger partial charge in [-0.25, -0.2) is 0 Å². The maximum Gasteiger partial charge on any atom is 0.305 e. The Hall–Kier alpha value is -1.99. The van der Waals surface area contributed by atoms with Gasteiger partial charge >= 0.3 is 5.97 Å². The Morgan fingerprint density at radius 1 is 1.03 bits per heavy atom. The lowest BCUT2D eigenvalue weighted by molar-refractivity contribution is -0.239. The van der Waals surface area contributed by atoms with E-state index in [-0.39, 0.29) is 12.6 Å². The van der Waals surface area contributed by atoms with Crippen LogP contribution in [-0.2, 0) is 19.0 Å². The first-order valence-corrected chi connectivity index (χ1v) is 11.2. The van der Waals surface area contributed by atoms with E-state index in [0.29, 0.717) is 49.1 Å². The zero-order valence-electron chi connectivity index (χ0n) is 19.7. The molecule has 1 fully saturated rings. The van der Waals surface area contributed by atoms with Crippen LogP contribution in [0.2, 0.25) is 0 Å². The largest absolute Gasteiger partial charge is 0.496 e. The number of methoxy groups -OCH3 is 2. The van der Waals surface area contributed by atoms with Crippen molar-refractivity contribution in [1.82, 2.24) is 0 Å². The van der Waals surface area contributed by atoms with Gasteiger partial charge in [-0.1, -0.05) is 40.0 Å². The Morgan fingerprint density at radius 3 is 2.23 bits per heavy atom. The molecule has 31 heavy (non-hydrogen) atoms. The number of hydrogen-bond donors (Lipinski definition) is 0. The van der Waals surface area contributed by atoms with Gasteiger partial charge in [0.2, 0.25) is 0 Å². The highest BCUT2D eigenvalue weighted by Crippen LogP contribution is 2.43. The Morgan fingerprint density at radius 2 is 1.68 bits per heavy atom. The molecule has 0 N–H and O–H groups in total. The first-order valence-electron chi connectivity index (χ1n) is 11.2. The summed E-state index contributed by atoms with van der Waals surface area (Å²) in [5, 5.41) is 0. The number of hydrogen-bond acceptors (Lipinski definition) is 7. The Kier molecular flexibility index (Phi) is 10.4. The van der Waals surface area contributed by atoms with Gasteiger partial charge in [-0.2, -0.15) is 0 Å². The van der Waals surface area contributed by atoms with Crippen LogP contribution in [0.15, 0.2) is 12.1 Å². The van der Waals surface area contributed by atoms with Crippen LogP contribution >= 0.6 is 0 Å². The third kappa shape index (κ3) is 7.58. The second kappa shape index (κ2) is 12.8. The molecule has 0 aromatic heterocycles. The number of esters is 1. The first kappa shape index (κ1) is 25.3. The van der Waals surface area contributed by atoms with E-state index < -0.39 is 11.7 Å². The predicted molar refractivity (Wildman–Crippen MR) is 118 cm³/mol. The smallest absolute Gasteiger partial charge is 0.305 e. The van der Waals surface area contributed by atoms with E-state index in [9.17, 15) is 4.79 Å². The molecular weight excluding hydrogens is 400 g/mol. The minimum atomic E-state index is -0.636. The molecule has 1 aromatic rings. The molecule has 1 aliphatic heterocycles. The zero-order valence-corrected chi connectivity index (χ0v) is 19.7. The van der Waals surface area contributed by atoms with Crippen LogP contribution in [0.5, 0.6) is 17.2 Å². The molecule has 7 heteroatoms. The van der Waals surface area contributed by atoms with Gasteiger partial charge in [-0.15, -0.1) is 0 Å². The average molecular weight is 439 g/mol. The molecule has 1 heterocycles. The zero-order chi connectivity index (χ0) is 22.7. The topological polar surface area (TPSA) is 72.5 Å². The van der Waals surface area contributed by atoms with Crippen molar-refractivity contribution in [2.75, 3.05) is 40.6 Å². The maximum absolute atomic E-state index is 11.7. The molecule has 7 nitrogen and oxygen atoms in total. The second-order valence-electron chi connectivity index (χ2n) is 8.33. The van der Waals surface area contributed by atoms with E-state index in [2.05, 4.69) is 6.92 Å². The molecule has 0 radical (unpaired) electrons. The minimum Gasteiger partial charge on any atom is -0.496 e. The van der Waals surface area contributed by atoms with Crippen molar-refractivity contribution in [3.63, 3.8) is 0 Å². The van der Waals surface area contributed by atoms with Crippen LogP contribution in [0.3, 0.4) is 0 Å². The van der Waals surface area contributed by atoms with Crippen LogP contribution in [0.4, 0.5) is 0 Å². The van der Waals surface area contributed by atoms with Crippen LogP contribution < -0.4 is 14.2 Å². The molecule has 1 saturated heterocycles. The highest BCUT2D eigenvalue weighted by molar-refractivity contribution is 5.69. The van der Waals surface area contributed by atoms with E-state index in [1.54, 1.807) is 14.2 Å². The molecule has 0 bridgehead atoms. The standard InChI is InChI=1S/C24H38O7/c1-6-8-9-10-12-28-18-13-19(26-4)22(20(14-18)27-5)23-30-16-24(3,17-31-23)15-29-21(25)11-7-2/h13-14,23H,6-12,15-17H2,1-5H3. The summed E-state index contributed by atoms with van der Waals surface area (Å²) in [5.41, 5.74) is 0.287. The Balaban J connectivity index is 2.02. The van der Waals surface area contributed by atoms with Crippen molar-refractivity contribution < 1.29 is 33.2 Å². The number of carbonyl (C=O) groups is 1. The molecule has 1 aromatic carbocycles. The van der Waals surface area contributed by atoms with Gasteiger partial charge in [0, 0.05) is 24.0 Å². The fourth-order valence-electron chi connectivity index (χ4n) is 3.37. The van der Waals surface area contributed by atoms with Crippen molar-refractivity contribution in [3.05, 3.63) is 17.7 Å².